The van der Waals surface area contributed by atoms with Gasteiger partial charge < -0.3 is 0 Å². The van der Waals surface area contributed by atoms with E-state index in [9.17, 15) is 9.18 Å². The topological polar surface area (TPSA) is 32.3 Å². The van der Waals surface area contributed by atoms with E-state index < -0.39 is 0 Å². The number of rotatable bonds is 2. The van der Waals surface area contributed by atoms with Crippen LogP contribution in [-0.2, 0) is 4.79 Å². The van der Waals surface area contributed by atoms with Crippen molar-refractivity contribution in [2.24, 2.45) is 0 Å². The van der Waals surface area contributed by atoms with Gasteiger partial charge in [0.25, 0.3) is 0 Å². The highest BCUT2D eigenvalue weighted by Gasteiger charge is 2.31. The first kappa shape index (κ1) is 12.8. The van der Waals surface area contributed by atoms with E-state index in [0.717, 1.165) is 16.8 Å². The molecule has 0 saturated carbocycles. The maximum Gasteiger partial charge on any atom is 0.243 e. The van der Waals surface area contributed by atoms with Crippen LogP contribution in [0.3, 0.4) is 0 Å². The number of hydrazine groups is 1. The van der Waals surface area contributed by atoms with Gasteiger partial charge >= 0.3 is 0 Å². The molecule has 0 radical (unpaired) electrons. The lowest BCUT2D eigenvalue weighted by Crippen LogP contribution is -2.35. The summed E-state index contributed by atoms with van der Waals surface area (Å²) in [5, 5.41) is 1.56. The Morgan fingerprint density at radius 2 is 1.75 bits per heavy atom. The monoisotopic (exact) mass is 270 g/mol. The number of amides is 1. The van der Waals surface area contributed by atoms with Gasteiger partial charge in [-0.2, -0.15) is 0 Å². The molecule has 20 heavy (non-hydrogen) atoms. The van der Waals surface area contributed by atoms with Gasteiger partial charge in [0, 0.05) is 6.42 Å². The van der Waals surface area contributed by atoms with Gasteiger partial charge in [-0.25, -0.2) is 14.8 Å². The summed E-state index contributed by atoms with van der Waals surface area (Å²) in [4.78, 5) is 12.1. The first-order chi connectivity index (χ1) is 9.63. The van der Waals surface area contributed by atoms with E-state index in [0.29, 0.717) is 6.42 Å². The minimum absolute atomic E-state index is 0.0168. The SMILES string of the molecule is Cc1ccc(N2NC(c3ccc(F)cc3)CC2=O)cc1. The van der Waals surface area contributed by atoms with E-state index in [1.165, 1.54) is 12.1 Å². The summed E-state index contributed by atoms with van der Waals surface area (Å²) < 4.78 is 12.9. The molecule has 1 heterocycles. The molecule has 1 aliphatic heterocycles. The molecule has 0 aromatic heterocycles. The molecule has 1 amide bonds. The molecular weight excluding hydrogens is 255 g/mol. The average molecular weight is 270 g/mol. The van der Waals surface area contributed by atoms with Crippen molar-refractivity contribution in [3.63, 3.8) is 0 Å². The second-order valence-corrected chi connectivity index (χ2v) is 5.00. The number of halogens is 1. The molecule has 1 aliphatic rings. The Bertz CT molecular complexity index is 622. The smallest absolute Gasteiger partial charge is 0.243 e. The van der Waals surface area contributed by atoms with E-state index in [4.69, 9.17) is 0 Å². The number of nitrogens with zero attached hydrogens (tertiary/aromatic N) is 1. The van der Waals surface area contributed by atoms with Crippen LogP contribution in [-0.4, -0.2) is 5.91 Å². The van der Waals surface area contributed by atoms with E-state index in [1.807, 2.05) is 31.2 Å². The number of carbonyl (C=O) groups is 1. The lowest BCUT2D eigenvalue weighted by molar-refractivity contribution is -0.117. The highest BCUT2D eigenvalue weighted by molar-refractivity contribution is 5.95. The number of aryl methyl sites for hydroxylation is 1. The Labute approximate surface area is 117 Å². The average Bonchev–Trinajstić information content (AvgIpc) is 2.82. The molecule has 102 valence electrons. The summed E-state index contributed by atoms with van der Waals surface area (Å²) in [5.41, 5.74) is 6.06. The maximum absolute atomic E-state index is 12.9. The molecule has 4 heteroatoms. The summed E-state index contributed by atoms with van der Waals surface area (Å²) in [6.45, 7) is 2.00. The highest BCUT2D eigenvalue weighted by atomic mass is 19.1. The second-order valence-electron chi connectivity index (χ2n) is 5.00. The number of carbonyl (C=O) groups excluding carboxylic acids is 1. The Morgan fingerprint density at radius 1 is 1.10 bits per heavy atom. The minimum atomic E-state index is -0.270. The summed E-state index contributed by atoms with van der Waals surface area (Å²) in [7, 11) is 0. The number of nitrogens with one attached hydrogen (secondary N) is 1. The lowest BCUT2D eigenvalue weighted by atomic mass is 10.1. The first-order valence-corrected chi connectivity index (χ1v) is 6.55. The molecule has 0 aliphatic carbocycles. The number of hydrogen-bond acceptors (Lipinski definition) is 2. The van der Waals surface area contributed by atoms with Gasteiger partial charge in [0.15, 0.2) is 0 Å². The molecule has 1 saturated heterocycles. The van der Waals surface area contributed by atoms with E-state index in [2.05, 4.69) is 5.43 Å². The van der Waals surface area contributed by atoms with Gasteiger partial charge in [0.2, 0.25) is 5.91 Å². The molecule has 1 unspecified atom stereocenters. The third-order valence-electron chi connectivity index (χ3n) is 3.48. The fraction of sp³-hybridized carbons (Fsp3) is 0.188. The van der Waals surface area contributed by atoms with Crippen LogP contribution < -0.4 is 10.4 Å². The van der Waals surface area contributed by atoms with E-state index >= 15 is 0 Å². The zero-order valence-corrected chi connectivity index (χ0v) is 11.1. The Hall–Kier alpha value is -2.20. The van der Waals surface area contributed by atoms with Crippen LogP contribution in [0.2, 0.25) is 0 Å². The standard InChI is InChI=1S/C16H15FN2O/c1-11-2-8-14(9-3-11)19-16(20)10-15(18-19)12-4-6-13(17)7-5-12/h2-9,15,18H,10H2,1H3. The zero-order chi connectivity index (χ0) is 14.1. The highest BCUT2D eigenvalue weighted by Crippen LogP contribution is 2.27. The van der Waals surface area contributed by atoms with E-state index in [1.54, 1.807) is 17.1 Å². The Kier molecular flexibility index (Phi) is 3.24. The summed E-state index contributed by atoms with van der Waals surface area (Å²) in [6, 6.07) is 13.9. The van der Waals surface area contributed by atoms with Crippen molar-refractivity contribution in [1.29, 1.82) is 0 Å². The third-order valence-corrected chi connectivity index (χ3v) is 3.48. The van der Waals surface area contributed by atoms with Crippen molar-refractivity contribution in [3.8, 4) is 0 Å². The van der Waals surface area contributed by atoms with Crippen molar-refractivity contribution in [1.82, 2.24) is 5.43 Å². The Morgan fingerprint density at radius 3 is 2.40 bits per heavy atom. The molecule has 0 bridgehead atoms. The predicted octanol–water partition coefficient (Wildman–Crippen LogP) is 3.12. The van der Waals surface area contributed by atoms with Crippen LogP contribution in [0.4, 0.5) is 10.1 Å². The quantitative estimate of drug-likeness (QED) is 0.909. The van der Waals surface area contributed by atoms with Gasteiger partial charge in [-0.15, -0.1) is 0 Å². The van der Waals surface area contributed by atoms with Crippen LogP contribution in [0, 0.1) is 12.7 Å². The number of benzene rings is 2. The molecule has 0 spiro atoms. The molecule has 2 aromatic carbocycles. The molecule has 3 nitrogen and oxygen atoms in total. The normalized spacial score (nSPS) is 18.6. The predicted molar refractivity (Wildman–Crippen MR) is 75.6 cm³/mol. The van der Waals surface area contributed by atoms with Gasteiger partial charge in [0.05, 0.1) is 11.7 Å². The molecule has 1 N–H and O–H groups in total. The van der Waals surface area contributed by atoms with E-state index in [-0.39, 0.29) is 17.8 Å². The third kappa shape index (κ3) is 2.42. The van der Waals surface area contributed by atoms with Crippen LogP contribution in [0.1, 0.15) is 23.6 Å². The van der Waals surface area contributed by atoms with Crippen LogP contribution in [0.5, 0.6) is 0 Å². The first-order valence-electron chi connectivity index (χ1n) is 6.55. The molecule has 3 rings (SSSR count). The van der Waals surface area contributed by atoms with Crippen LogP contribution in [0.15, 0.2) is 48.5 Å². The fourth-order valence-corrected chi connectivity index (χ4v) is 2.34. The fourth-order valence-electron chi connectivity index (χ4n) is 2.34. The van der Waals surface area contributed by atoms with Crippen molar-refractivity contribution in [3.05, 3.63) is 65.5 Å². The largest absolute Gasteiger partial charge is 0.273 e. The molecular formula is C16H15FN2O. The molecule has 2 aromatic rings. The van der Waals surface area contributed by atoms with Crippen molar-refractivity contribution in [2.45, 2.75) is 19.4 Å². The zero-order valence-electron chi connectivity index (χ0n) is 11.1. The van der Waals surface area contributed by atoms with Crippen molar-refractivity contribution >= 4 is 11.6 Å². The van der Waals surface area contributed by atoms with Crippen molar-refractivity contribution < 1.29 is 9.18 Å². The minimum Gasteiger partial charge on any atom is -0.273 e. The van der Waals surface area contributed by atoms with Crippen molar-refractivity contribution in [2.75, 3.05) is 5.01 Å². The molecule has 1 fully saturated rings. The van der Waals surface area contributed by atoms with Gasteiger partial charge in [-0.05, 0) is 36.8 Å². The second kappa shape index (κ2) is 5.06. The number of hydrogen-bond donors (Lipinski definition) is 1. The lowest BCUT2D eigenvalue weighted by Gasteiger charge is -2.18. The summed E-state index contributed by atoms with van der Waals surface area (Å²) in [6.07, 6.45) is 0.375. The summed E-state index contributed by atoms with van der Waals surface area (Å²) in [5.74, 6) is -0.253. The van der Waals surface area contributed by atoms with Gasteiger partial charge in [-0.3, -0.25) is 4.79 Å². The Balaban J connectivity index is 1.81. The maximum atomic E-state index is 12.9. The van der Waals surface area contributed by atoms with Gasteiger partial charge in [0.1, 0.15) is 5.82 Å². The number of anilines is 1. The van der Waals surface area contributed by atoms with Gasteiger partial charge in [-0.1, -0.05) is 29.8 Å². The van der Waals surface area contributed by atoms with Crippen LogP contribution in [0.25, 0.3) is 0 Å². The summed E-state index contributed by atoms with van der Waals surface area (Å²) >= 11 is 0. The van der Waals surface area contributed by atoms with Crippen LogP contribution >= 0.6 is 0 Å². The molecule has 1 atom stereocenters.